The number of rotatable bonds is 2. The van der Waals surface area contributed by atoms with Gasteiger partial charge in [0.25, 0.3) is 9.05 Å². The Balaban J connectivity index is 2.35. The van der Waals surface area contributed by atoms with Crippen LogP contribution in [0.1, 0.15) is 12.8 Å². The quantitative estimate of drug-likeness (QED) is 0.838. The van der Waals surface area contributed by atoms with Crippen molar-refractivity contribution in [3.8, 4) is 0 Å². The van der Waals surface area contributed by atoms with Crippen LogP contribution in [-0.2, 0) is 13.8 Å². The molecular formula is C11H11ClN2O4S. The molecule has 6 nitrogen and oxygen atoms in total. The molecule has 1 aromatic carbocycles. The number of benzene rings is 1. The summed E-state index contributed by atoms with van der Waals surface area (Å²) in [6.45, 7) is 0.440. The van der Waals surface area contributed by atoms with Crippen molar-refractivity contribution in [3.05, 3.63) is 24.3 Å². The van der Waals surface area contributed by atoms with Gasteiger partial charge >= 0.3 is 6.03 Å². The fourth-order valence-corrected chi connectivity index (χ4v) is 2.53. The van der Waals surface area contributed by atoms with Gasteiger partial charge in [0.2, 0.25) is 5.91 Å². The second kappa shape index (κ2) is 5.18. The van der Waals surface area contributed by atoms with Crippen LogP contribution in [0.25, 0.3) is 0 Å². The van der Waals surface area contributed by atoms with Gasteiger partial charge in [-0.1, -0.05) is 0 Å². The van der Waals surface area contributed by atoms with E-state index >= 15 is 0 Å². The van der Waals surface area contributed by atoms with Crippen LogP contribution in [0.2, 0.25) is 0 Å². The van der Waals surface area contributed by atoms with Gasteiger partial charge in [0.05, 0.1) is 10.6 Å². The minimum absolute atomic E-state index is 0.0828. The van der Waals surface area contributed by atoms with Gasteiger partial charge < -0.3 is 5.32 Å². The van der Waals surface area contributed by atoms with Gasteiger partial charge in [-0.15, -0.1) is 0 Å². The van der Waals surface area contributed by atoms with Crippen LogP contribution in [0.4, 0.5) is 10.5 Å². The lowest BCUT2D eigenvalue weighted by Crippen LogP contribution is -2.41. The first-order valence-corrected chi connectivity index (χ1v) is 7.86. The minimum atomic E-state index is -3.82. The summed E-state index contributed by atoms with van der Waals surface area (Å²) in [6.07, 6.45) is 0.837. The molecule has 19 heavy (non-hydrogen) atoms. The van der Waals surface area contributed by atoms with Gasteiger partial charge in [0, 0.05) is 23.6 Å². The highest BCUT2D eigenvalue weighted by Crippen LogP contribution is 2.22. The number of hydrogen-bond acceptors (Lipinski definition) is 4. The van der Waals surface area contributed by atoms with Crippen LogP contribution < -0.4 is 10.2 Å². The zero-order valence-corrected chi connectivity index (χ0v) is 11.4. The second-order valence-electron chi connectivity index (χ2n) is 4.00. The molecule has 102 valence electrons. The summed E-state index contributed by atoms with van der Waals surface area (Å²) in [7, 11) is 1.38. The normalized spacial score (nSPS) is 17.0. The Morgan fingerprint density at radius 3 is 2.37 bits per heavy atom. The van der Waals surface area contributed by atoms with E-state index in [4.69, 9.17) is 10.7 Å². The molecule has 2 rings (SSSR count). The minimum Gasteiger partial charge on any atom is -0.337 e. The predicted molar refractivity (Wildman–Crippen MR) is 69.6 cm³/mol. The van der Waals surface area contributed by atoms with E-state index in [1.54, 1.807) is 0 Å². The monoisotopic (exact) mass is 302 g/mol. The number of anilines is 1. The summed E-state index contributed by atoms with van der Waals surface area (Å²) in [4.78, 5) is 24.5. The zero-order chi connectivity index (χ0) is 14.0. The van der Waals surface area contributed by atoms with Crippen LogP contribution >= 0.6 is 10.7 Å². The first-order chi connectivity index (χ1) is 8.89. The molecule has 8 heteroatoms. The summed E-state index contributed by atoms with van der Waals surface area (Å²) in [6, 6.07) is 4.74. The van der Waals surface area contributed by atoms with Gasteiger partial charge in [-0.2, -0.15) is 0 Å². The van der Waals surface area contributed by atoms with E-state index in [2.05, 4.69) is 5.32 Å². The van der Waals surface area contributed by atoms with E-state index in [9.17, 15) is 18.0 Å². The molecule has 0 radical (unpaired) electrons. The van der Waals surface area contributed by atoms with Crippen molar-refractivity contribution >= 4 is 37.4 Å². The van der Waals surface area contributed by atoms with E-state index < -0.39 is 15.1 Å². The van der Waals surface area contributed by atoms with Crippen LogP contribution in [0, 0.1) is 0 Å². The molecule has 0 unspecified atom stereocenters. The molecule has 1 fully saturated rings. The third kappa shape index (κ3) is 3.05. The number of urea groups is 1. The highest BCUT2D eigenvalue weighted by Gasteiger charge is 2.25. The van der Waals surface area contributed by atoms with Crippen LogP contribution in [0.15, 0.2) is 29.2 Å². The van der Waals surface area contributed by atoms with Crippen molar-refractivity contribution in [1.82, 2.24) is 5.32 Å². The summed E-state index contributed by atoms with van der Waals surface area (Å²) in [5.74, 6) is -0.323. The number of carbonyl (C=O) groups is 2. The number of halogens is 1. The molecule has 1 aliphatic rings. The standard InChI is InChI=1S/C11H11ClN2O4S/c12-19(17,18)9-5-3-8(4-6-9)14-10(15)2-1-7-13-11(14)16/h3-6H,1-2,7H2,(H,13,16). The Labute approximate surface area is 114 Å². The summed E-state index contributed by atoms with van der Waals surface area (Å²) < 4.78 is 22.2. The highest BCUT2D eigenvalue weighted by molar-refractivity contribution is 8.13. The first-order valence-electron chi connectivity index (χ1n) is 5.55. The number of carbonyl (C=O) groups excluding carboxylic acids is 2. The number of imide groups is 1. The summed E-state index contributed by atoms with van der Waals surface area (Å²) in [5, 5.41) is 2.59. The fraction of sp³-hybridized carbons (Fsp3) is 0.273. The molecule has 0 spiro atoms. The smallest absolute Gasteiger partial charge is 0.328 e. The Hall–Kier alpha value is -1.60. The summed E-state index contributed by atoms with van der Waals surface area (Å²) >= 11 is 0. The molecule has 1 aliphatic heterocycles. The predicted octanol–water partition coefficient (Wildman–Crippen LogP) is 1.45. The van der Waals surface area contributed by atoms with E-state index in [-0.39, 0.29) is 17.2 Å². The Morgan fingerprint density at radius 2 is 1.79 bits per heavy atom. The van der Waals surface area contributed by atoms with Crippen molar-refractivity contribution in [2.24, 2.45) is 0 Å². The van der Waals surface area contributed by atoms with Gasteiger partial charge in [-0.05, 0) is 30.7 Å². The summed E-state index contributed by atoms with van der Waals surface area (Å²) in [5.41, 5.74) is 0.313. The topological polar surface area (TPSA) is 83.6 Å². The third-order valence-electron chi connectivity index (χ3n) is 2.67. The zero-order valence-electron chi connectivity index (χ0n) is 9.80. The van der Waals surface area contributed by atoms with E-state index in [0.717, 1.165) is 4.90 Å². The van der Waals surface area contributed by atoms with Crippen molar-refractivity contribution in [2.75, 3.05) is 11.4 Å². The maximum Gasteiger partial charge on any atom is 0.328 e. The largest absolute Gasteiger partial charge is 0.337 e. The Kier molecular flexibility index (Phi) is 3.77. The van der Waals surface area contributed by atoms with Gasteiger partial charge in [-0.3, -0.25) is 4.79 Å². The van der Waals surface area contributed by atoms with E-state index in [0.29, 0.717) is 18.7 Å². The molecule has 3 amide bonds. The SMILES string of the molecule is O=C1CCCNC(=O)N1c1ccc(S(=O)(=O)Cl)cc1. The molecule has 0 bridgehead atoms. The van der Waals surface area contributed by atoms with Crippen molar-refractivity contribution in [2.45, 2.75) is 17.7 Å². The fourth-order valence-electron chi connectivity index (χ4n) is 1.76. The lowest BCUT2D eigenvalue weighted by Gasteiger charge is -2.18. The van der Waals surface area contributed by atoms with E-state index in [1.165, 1.54) is 24.3 Å². The van der Waals surface area contributed by atoms with Gasteiger partial charge in [0.15, 0.2) is 0 Å². The van der Waals surface area contributed by atoms with Crippen LogP contribution in [0.5, 0.6) is 0 Å². The van der Waals surface area contributed by atoms with Crippen molar-refractivity contribution in [3.63, 3.8) is 0 Å². The third-order valence-corrected chi connectivity index (χ3v) is 4.04. The number of hydrogen-bond donors (Lipinski definition) is 1. The molecule has 0 aliphatic carbocycles. The molecule has 0 aromatic heterocycles. The van der Waals surface area contributed by atoms with E-state index in [1.807, 2.05) is 0 Å². The Bertz CT molecular complexity index is 594. The highest BCUT2D eigenvalue weighted by atomic mass is 35.7. The maximum atomic E-state index is 11.8. The Morgan fingerprint density at radius 1 is 1.16 bits per heavy atom. The van der Waals surface area contributed by atoms with Gasteiger partial charge in [0.1, 0.15) is 0 Å². The molecule has 0 saturated carbocycles. The average Bonchev–Trinajstić information content (AvgIpc) is 2.50. The average molecular weight is 303 g/mol. The van der Waals surface area contributed by atoms with Crippen molar-refractivity contribution in [1.29, 1.82) is 0 Å². The van der Waals surface area contributed by atoms with Crippen molar-refractivity contribution < 1.29 is 18.0 Å². The van der Waals surface area contributed by atoms with Crippen LogP contribution in [-0.4, -0.2) is 26.9 Å². The molecule has 1 saturated heterocycles. The molecule has 1 N–H and O–H groups in total. The molecule has 1 heterocycles. The molecule has 1 aromatic rings. The lowest BCUT2D eigenvalue weighted by molar-refractivity contribution is -0.117. The van der Waals surface area contributed by atoms with Gasteiger partial charge in [-0.25, -0.2) is 18.1 Å². The lowest BCUT2D eigenvalue weighted by atomic mass is 10.2. The number of amides is 3. The molecular weight excluding hydrogens is 292 g/mol. The second-order valence-corrected chi connectivity index (χ2v) is 6.56. The molecule has 0 atom stereocenters. The maximum absolute atomic E-state index is 11.8. The number of nitrogens with zero attached hydrogens (tertiary/aromatic N) is 1. The van der Waals surface area contributed by atoms with Crippen LogP contribution in [0.3, 0.4) is 0 Å². The number of nitrogens with one attached hydrogen (secondary N) is 1. The first kappa shape index (κ1) is 13.8.